The minimum atomic E-state index is -0.0924. The molecule has 2 atom stereocenters. The summed E-state index contributed by atoms with van der Waals surface area (Å²) in [6.07, 6.45) is 0.905. The van der Waals surface area contributed by atoms with Crippen LogP contribution in [-0.4, -0.2) is 39.6 Å². The van der Waals surface area contributed by atoms with Crippen LogP contribution in [0, 0.1) is 0 Å². The third-order valence-corrected chi connectivity index (χ3v) is 2.98. The van der Waals surface area contributed by atoms with Gasteiger partial charge in [-0.2, -0.15) is 0 Å². The molecule has 2 N–H and O–H groups in total. The van der Waals surface area contributed by atoms with Crippen molar-refractivity contribution < 1.29 is 14.2 Å². The van der Waals surface area contributed by atoms with Crippen molar-refractivity contribution in [2.24, 2.45) is 5.73 Å². The normalized spacial score (nSPS) is 14.3. The Morgan fingerprint density at radius 1 is 1.05 bits per heavy atom. The van der Waals surface area contributed by atoms with Crippen molar-refractivity contribution in [3.63, 3.8) is 0 Å². The topological polar surface area (TPSA) is 53.7 Å². The summed E-state index contributed by atoms with van der Waals surface area (Å²) in [7, 11) is 1.66. The number of methoxy groups -OCH3 is 1. The Bertz CT molecular complexity index is 318. The molecule has 0 fully saturated rings. The van der Waals surface area contributed by atoms with E-state index in [-0.39, 0.29) is 12.1 Å². The summed E-state index contributed by atoms with van der Waals surface area (Å²) in [5.41, 5.74) is 7.33. The van der Waals surface area contributed by atoms with Crippen molar-refractivity contribution in [1.29, 1.82) is 0 Å². The highest BCUT2D eigenvalue weighted by Gasteiger charge is 2.17. The number of nitrogens with two attached hydrogens (primary N) is 1. The van der Waals surface area contributed by atoms with Crippen LogP contribution in [-0.2, 0) is 14.2 Å². The van der Waals surface area contributed by atoms with Crippen LogP contribution in [0.4, 0.5) is 0 Å². The maximum Gasteiger partial charge on any atom is 0.0766 e. The maximum atomic E-state index is 6.23. The lowest BCUT2D eigenvalue weighted by Crippen LogP contribution is -2.29. The van der Waals surface area contributed by atoms with Crippen LogP contribution in [0.5, 0.6) is 0 Å². The highest BCUT2D eigenvalue weighted by Crippen LogP contribution is 2.18. The Morgan fingerprint density at radius 2 is 1.74 bits per heavy atom. The summed E-state index contributed by atoms with van der Waals surface area (Å²) in [4.78, 5) is 0. The van der Waals surface area contributed by atoms with Crippen LogP contribution in [0.2, 0.25) is 0 Å². The summed E-state index contributed by atoms with van der Waals surface area (Å²) in [5, 5.41) is 0. The van der Waals surface area contributed by atoms with Gasteiger partial charge in [0.15, 0.2) is 0 Å². The number of rotatable bonds is 10. The molecule has 0 bridgehead atoms. The highest BCUT2D eigenvalue weighted by atomic mass is 16.5. The van der Waals surface area contributed by atoms with Gasteiger partial charge in [-0.05, 0) is 12.0 Å². The highest BCUT2D eigenvalue weighted by molar-refractivity contribution is 5.19. The fourth-order valence-electron chi connectivity index (χ4n) is 1.87. The van der Waals surface area contributed by atoms with Gasteiger partial charge in [-0.3, -0.25) is 0 Å². The van der Waals surface area contributed by atoms with Crippen LogP contribution in [0.1, 0.15) is 24.9 Å². The largest absolute Gasteiger partial charge is 0.382 e. The van der Waals surface area contributed by atoms with Gasteiger partial charge in [-0.25, -0.2) is 0 Å². The molecule has 1 aromatic rings. The monoisotopic (exact) mass is 267 g/mol. The molecule has 4 heteroatoms. The van der Waals surface area contributed by atoms with Crippen LogP contribution in [0.25, 0.3) is 0 Å². The molecular weight excluding hydrogens is 242 g/mol. The van der Waals surface area contributed by atoms with E-state index in [1.807, 2.05) is 30.3 Å². The maximum absolute atomic E-state index is 6.23. The minimum absolute atomic E-state index is 0.0217. The second-order valence-electron chi connectivity index (χ2n) is 4.36. The third-order valence-electron chi connectivity index (χ3n) is 2.98. The van der Waals surface area contributed by atoms with E-state index in [1.165, 1.54) is 0 Å². The van der Waals surface area contributed by atoms with Crippen molar-refractivity contribution in [3.8, 4) is 0 Å². The average Bonchev–Trinajstić information content (AvgIpc) is 2.47. The molecule has 4 nitrogen and oxygen atoms in total. The second kappa shape index (κ2) is 9.92. The van der Waals surface area contributed by atoms with E-state index in [2.05, 4.69) is 6.92 Å². The van der Waals surface area contributed by atoms with Crippen molar-refractivity contribution >= 4 is 0 Å². The minimum Gasteiger partial charge on any atom is -0.382 e. The van der Waals surface area contributed by atoms with Crippen LogP contribution in [0.15, 0.2) is 30.3 Å². The Hall–Kier alpha value is -0.940. The zero-order valence-electron chi connectivity index (χ0n) is 11.9. The fourth-order valence-corrected chi connectivity index (χ4v) is 1.87. The van der Waals surface area contributed by atoms with Gasteiger partial charge in [0.05, 0.1) is 38.6 Å². The molecule has 0 saturated carbocycles. The van der Waals surface area contributed by atoms with E-state index in [0.29, 0.717) is 26.4 Å². The molecule has 19 heavy (non-hydrogen) atoms. The second-order valence-corrected chi connectivity index (χ2v) is 4.36. The van der Waals surface area contributed by atoms with E-state index in [4.69, 9.17) is 19.9 Å². The van der Waals surface area contributed by atoms with E-state index >= 15 is 0 Å². The molecule has 0 heterocycles. The molecule has 0 spiro atoms. The van der Waals surface area contributed by atoms with E-state index < -0.39 is 0 Å². The molecule has 0 aliphatic rings. The Kier molecular flexibility index (Phi) is 8.41. The lowest BCUT2D eigenvalue weighted by Gasteiger charge is -2.23. The van der Waals surface area contributed by atoms with Gasteiger partial charge in [0.2, 0.25) is 0 Å². The van der Waals surface area contributed by atoms with Gasteiger partial charge in [0.1, 0.15) is 0 Å². The first-order chi connectivity index (χ1) is 9.29. The van der Waals surface area contributed by atoms with Gasteiger partial charge < -0.3 is 19.9 Å². The van der Waals surface area contributed by atoms with Gasteiger partial charge in [-0.15, -0.1) is 0 Å². The molecular formula is C15H25NO3. The number of ether oxygens (including phenoxy) is 3. The molecule has 1 aromatic carbocycles. The molecule has 108 valence electrons. The lowest BCUT2D eigenvalue weighted by atomic mass is 10.0. The number of hydrogen-bond donors (Lipinski definition) is 1. The smallest absolute Gasteiger partial charge is 0.0766 e. The number of benzene rings is 1. The summed E-state index contributed by atoms with van der Waals surface area (Å²) in [5.74, 6) is 0. The van der Waals surface area contributed by atoms with Crippen molar-refractivity contribution in [1.82, 2.24) is 0 Å². The van der Waals surface area contributed by atoms with E-state index in [1.54, 1.807) is 7.11 Å². The Morgan fingerprint density at radius 3 is 2.37 bits per heavy atom. The summed E-state index contributed by atoms with van der Waals surface area (Å²) >= 11 is 0. The molecule has 1 rings (SSSR count). The fraction of sp³-hybridized carbons (Fsp3) is 0.600. The zero-order valence-corrected chi connectivity index (χ0v) is 11.9. The van der Waals surface area contributed by atoms with Crippen molar-refractivity contribution in [2.45, 2.75) is 25.5 Å². The third kappa shape index (κ3) is 6.16. The van der Waals surface area contributed by atoms with Crippen molar-refractivity contribution in [2.75, 3.05) is 33.5 Å². The van der Waals surface area contributed by atoms with Gasteiger partial charge in [0, 0.05) is 7.11 Å². The molecule has 0 saturated heterocycles. The average molecular weight is 267 g/mol. The van der Waals surface area contributed by atoms with Crippen LogP contribution >= 0.6 is 0 Å². The summed E-state index contributed by atoms with van der Waals surface area (Å²) in [6.45, 7) is 4.42. The SMILES string of the molecule is CCC(OCCOCCOC)C(N)c1ccccc1. The summed E-state index contributed by atoms with van der Waals surface area (Å²) in [6, 6.07) is 9.95. The molecule has 0 aliphatic carbocycles. The molecule has 0 amide bonds. The predicted molar refractivity (Wildman–Crippen MR) is 76.1 cm³/mol. The Balaban J connectivity index is 2.29. The molecule has 0 aromatic heterocycles. The first-order valence-electron chi connectivity index (χ1n) is 6.78. The van der Waals surface area contributed by atoms with Crippen LogP contribution < -0.4 is 5.73 Å². The van der Waals surface area contributed by atoms with Gasteiger partial charge in [-0.1, -0.05) is 37.3 Å². The van der Waals surface area contributed by atoms with Crippen LogP contribution in [0.3, 0.4) is 0 Å². The lowest BCUT2D eigenvalue weighted by molar-refractivity contribution is -0.0165. The van der Waals surface area contributed by atoms with Gasteiger partial charge >= 0.3 is 0 Å². The molecule has 2 unspecified atom stereocenters. The van der Waals surface area contributed by atoms with E-state index in [9.17, 15) is 0 Å². The summed E-state index contributed by atoms with van der Waals surface area (Å²) < 4.78 is 16.1. The van der Waals surface area contributed by atoms with Gasteiger partial charge in [0.25, 0.3) is 0 Å². The standard InChI is InChI=1S/C15H25NO3/c1-3-14(19-12-11-18-10-9-17-2)15(16)13-7-5-4-6-8-13/h4-8,14-15H,3,9-12,16H2,1-2H3. The van der Waals surface area contributed by atoms with Crippen molar-refractivity contribution in [3.05, 3.63) is 35.9 Å². The first kappa shape index (κ1) is 16.1. The zero-order chi connectivity index (χ0) is 13.9. The molecule has 0 aliphatic heterocycles. The Labute approximate surface area is 115 Å². The quantitative estimate of drug-likeness (QED) is 0.660. The number of hydrogen-bond acceptors (Lipinski definition) is 4. The predicted octanol–water partition coefficient (Wildman–Crippen LogP) is 2.14. The molecule has 0 radical (unpaired) electrons. The van der Waals surface area contributed by atoms with E-state index in [0.717, 1.165) is 12.0 Å². The first-order valence-corrected chi connectivity index (χ1v) is 6.78.